The van der Waals surface area contributed by atoms with Gasteiger partial charge in [-0.25, -0.2) is 0 Å². The molecule has 4 nitrogen and oxygen atoms in total. The normalized spacial score (nSPS) is 15.5. The first-order chi connectivity index (χ1) is 8.13. The van der Waals surface area contributed by atoms with Gasteiger partial charge in [0, 0.05) is 17.5 Å². The van der Waals surface area contributed by atoms with Crippen LogP contribution in [0.25, 0.3) is 0 Å². The predicted octanol–water partition coefficient (Wildman–Crippen LogP) is 1.46. The molecule has 0 saturated carbocycles. The smallest absolute Gasteiger partial charge is 0.258 e. The first kappa shape index (κ1) is 11.6. The van der Waals surface area contributed by atoms with Crippen LogP contribution >= 0.6 is 0 Å². The Kier molecular flexibility index (Phi) is 3.13. The molecule has 1 aliphatic carbocycles. The van der Waals surface area contributed by atoms with Gasteiger partial charge in [-0.2, -0.15) is 0 Å². The van der Waals surface area contributed by atoms with E-state index in [0.29, 0.717) is 30.6 Å². The van der Waals surface area contributed by atoms with Crippen molar-refractivity contribution >= 4 is 11.7 Å². The Balaban J connectivity index is 2.28. The predicted molar refractivity (Wildman–Crippen MR) is 63.0 cm³/mol. The fraction of sp³-hybridized carbons (Fsp3) is 0.385. The number of carbonyl (C=O) groups excluding carboxylic acids is 2. The number of hydrogen-bond donors (Lipinski definition) is 1. The Morgan fingerprint density at radius 3 is 2.88 bits per heavy atom. The van der Waals surface area contributed by atoms with Crippen molar-refractivity contribution in [3.8, 4) is 5.75 Å². The Morgan fingerprint density at radius 2 is 2.24 bits per heavy atom. The molecule has 1 aromatic carbocycles. The maximum Gasteiger partial charge on any atom is 0.258 e. The second kappa shape index (κ2) is 4.57. The molecule has 0 spiro atoms. The molecule has 17 heavy (non-hydrogen) atoms. The molecule has 0 aliphatic heterocycles. The maximum atomic E-state index is 11.6. The Hall–Kier alpha value is -1.84. The van der Waals surface area contributed by atoms with Crippen LogP contribution in [-0.4, -0.2) is 17.8 Å². The SMILES string of the molecule is CCC(Oc1cccc2c1CCC2=O)C(N)=O. The van der Waals surface area contributed by atoms with E-state index in [2.05, 4.69) is 0 Å². The number of ether oxygens (including phenoxy) is 1. The number of carbonyl (C=O) groups is 2. The minimum atomic E-state index is -0.628. The minimum Gasteiger partial charge on any atom is -0.480 e. The number of hydrogen-bond acceptors (Lipinski definition) is 3. The molecule has 0 saturated heterocycles. The molecule has 2 N–H and O–H groups in total. The zero-order chi connectivity index (χ0) is 12.4. The van der Waals surface area contributed by atoms with Crippen LogP contribution < -0.4 is 10.5 Å². The molecule has 2 rings (SSSR count). The number of rotatable bonds is 4. The quantitative estimate of drug-likeness (QED) is 0.855. The molecule has 0 heterocycles. The zero-order valence-electron chi connectivity index (χ0n) is 9.73. The lowest BCUT2D eigenvalue weighted by Gasteiger charge is -2.16. The Morgan fingerprint density at radius 1 is 1.47 bits per heavy atom. The minimum absolute atomic E-state index is 0.137. The summed E-state index contributed by atoms with van der Waals surface area (Å²) in [6, 6.07) is 5.34. The Bertz CT molecular complexity index is 468. The van der Waals surface area contributed by atoms with Gasteiger partial charge >= 0.3 is 0 Å². The van der Waals surface area contributed by atoms with Gasteiger partial charge in [-0.1, -0.05) is 19.1 Å². The Labute approximate surface area is 99.8 Å². The second-order valence-corrected chi connectivity index (χ2v) is 4.12. The number of ketones is 1. The topological polar surface area (TPSA) is 69.4 Å². The van der Waals surface area contributed by atoms with Crippen LogP contribution in [0.1, 0.15) is 35.7 Å². The highest BCUT2D eigenvalue weighted by Gasteiger charge is 2.24. The molecule has 4 heteroatoms. The molecular formula is C13H15NO3. The fourth-order valence-corrected chi connectivity index (χ4v) is 2.06. The molecule has 1 aromatic rings. The summed E-state index contributed by atoms with van der Waals surface area (Å²) in [6.45, 7) is 1.84. The van der Waals surface area contributed by atoms with Gasteiger partial charge in [0.1, 0.15) is 5.75 Å². The van der Waals surface area contributed by atoms with E-state index in [-0.39, 0.29) is 5.78 Å². The average molecular weight is 233 g/mol. The van der Waals surface area contributed by atoms with Gasteiger partial charge in [0.05, 0.1) is 0 Å². The highest BCUT2D eigenvalue weighted by molar-refractivity contribution is 6.01. The van der Waals surface area contributed by atoms with Gasteiger partial charge in [-0.15, -0.1) is 0 Å². The summed E-state index contributed by atoms with van der Waals surface area (Å²) in [4.78, 5) is 22.7. The van der Waals surface area contributed by atoms with E-state index in [1.54, 1.807) is 18.2 Å². The standard InChI is InChI=1S/C13H15NO3/c1-2-11(13(14)16)17-12-5-3-4-8-9(12)6-7-10(8)15/h3-5,11H,2,6-7H2,1H3,(H2,14,16). The van der Waals surface area contributed by atoms with Gasteiger partial charge < -0.3 is 10.5 Å². The van der Waals surface area contributed by atoms with Gasteiger partial charge in [0.25, 0.3) is 5.91 Å². The number of benzene rings is 1. The van der Waals surface area contributed by atoms with Crippen molar-refractivity contribution in [1.29, 1.82) is 0 Å². The molecule has 0 bridgehead atoms. The van der Waals surface area contributed by atoms with Crippen molar-refractivity contribution < 1.29 is 14.3 Å². The lowest BCUT2D eigenvalue weighted by atomic mass is 10.1. The molecule has 1 amide bonds. The van der Waals surface area contributed by atoms with E-state index in [9.17, 15) is 9.59 Å². The van der Waals surface area contributed by atoms with Crippen LogP contribution in [0.15, 0.2) is 18.2 Å². The van der Waals surface area contributed by atoms with Crippen molar-refractivity contribution in [3.05, 3.63) is 29.3 Å². The molecular weight excluding hydrogens is 218 g/mol. The van der Waals surface area contributed by atoms with Crippen LogP contribution in [0.5, 0.6) is 5.75 Å². The van der Waals surface area contributed by atoms with Crippen molar-refractivity contribution in [3.63, 3.8) is 0 Å². The van der Waals surface area contributed by atoms with E-state index in [1.165, 1.54) is 0 Å². The lowest BCUT2D eigenvalue weighted by Crippen LogP contribution is -2.33. The first-order valence-corrected chi connectivity index (χ1v) is 5.74. The molecule has 1 atom stereocenters. The monoisotopic (exact) mass is 233 g/mol. The van der Waals surface area contributed by atoms with Crippen molar-refractivity contribution in [2.45, 2.75) is 32.3 Å². The van der Waals surface area contributed by atoms with E-state index < -0.39 is 12.0 Å². The van der Waals surface area contributed by atoms with Crippen molar-refractivity contribution in [1.82, 2.24) is 0 Å². The second-order valence-electron chi connectivity index (χ2n) is 4.12. The lowest BCUT2D eigenvalue weighted by molar-refractivity contribution is -0.124. The molecule has 1 aliphatic rings. The molecule has 0 fully saturated rings. The van der Waals surface area contributed by atoms with E-state index in [1.807, 2.05) is 6.92 Å². The van der Waals surface area contributed by atoms with Crippen LogP contribution in [0.3, 0.4) is 0 Å². The summed E-state index contributed by atoms with van der Waals surface area (Å²) in [5.41, 5.74) is 6.85. The largest absolute Gasteiger partial charge is 0.480 e. The summed E-state index contributed by atoms with van der Waals surface area (Å²) >= 11 is 0. The summed E-state index contributed by atoms with van der Waals surface area (Å²) in [5.74, 6) is 0.269. The number of fused-ring (bicyclic) bond motifs is 1. The van der Waals surface area contributed by atoms with E-state index in [0.717, 1.165) is 5.56 Å². The molecule has 90 valence electrons. The number of amides is 1. The van der Waals surface area contributed by atoms with Crippen molar-refractivity contribution in [2.75, 3.05) is 0 Å². The summed E-state index contributed by atoms with van der Waals surface area (Å²) in [5, 5.41) is 0. The summed E-state index contributed by atoms with van der Waals surface area (Å²) in [7, 11) is 0. The van der Waals surface area contributed by atoms with Crippen LogP contribution in [-0.2, 0) is 11.2 Å². The number of Topliss-reactive ketones (excluding diaryl/α,β-unsaturated/α-hetero) is 1. The van der Waals surface area contributed by atoms with E-state index >= 15 is 0 Å². The molecule has 0 radical (unpaired) electrons. The van der Waals surface area contributed by atoms with Gasteiger partial charge in [0.15, 0.2) is 11.9 Å². The molecule has 1 unspecified atom stereocenters. The summed E-state index contributed by atoms with van der Waals surface area (Å²) < 4.78 is 5.59. The third-order valence-corrected chi connectivity index (χ3v) is 2.99. The van der Waals surface area contributed by atoms with Crippen molar-refractivity contribution in [2.24, 2.45) is 5.73 Å². The number of primary amides is 1. The van der Waals surface area contributed by atoms with Gasteiger partial charge in [0.2, 0.25) is 0 Å². The highest BCUT2D eigenvalue weighted by Crippen LogP contribution is 2.31. The first-order valence-electron chi connectivity index (χ1n) is 5.74. The third-order valence-electron chi connectivity index (χ3n) is 2.99. The van der Waals surface area contributed by atoms with Crippen LogP contribution in [0, 0.1) is 0 Å². The van der Waals surface area contributed by atoms with Crippen LogP contribution in [0.2, 0.25) is 0 Å². The molecule has 0 aromatic heterocycles. The fourth-order valence-electron chi connectivity index (χ4n) is 2.06. The van der Waals surface area contributed by atoms with E-state index in [4.69, 9.17) is 10.5 Å². The van der Waals surface area contributed by atoms with Gasteiger partial charge in [-0.05, 0) is 18.9 Å². The van der Waals surface area contributed by atoms with Gasteiger partial charge in [-0.3, -0.25) is 9.59 Å². The average Bonchev–Trinajstić information content (AvgIpc) is 2.69. The third kappa shape index (κ3) is 2.16. The maximum absolute atomic E-state index is 11.6. The van der Waals surface area contributed by atoms with Crippen LogP contribution in [0.4, 0.5) is 0 Å². The summed E-state index contributed by atoms with van der Waals surface area (Å²) in [6.07, 6.45) is 1.09. The zero-order valence-corrected chi connectivity index (χ0v) is 9.73. The highest BCUT2D eigenvalue weighted by atomic mass is 16.5. The number of nitrogens with two attached hydrogens (primary N) is 1.